The molecule has 3 aliphatic rings. The zero-order valence-corrected chi connectivity index (χ0v) is 16.6. The van der Waals surface area contributed by atoms with E-state index < -0.39 is 6.10 Å². The van der Waals surface area contributed by atoms with Gasteiger partial charge in [0, 0.05) is 19.1 Å². The molecule has 0 unspecified atom stereocenters. The predicted octanol–water partition coefficient (Wildman–Crippen LogP) is 2.72. The summed E-state index contributed by atoms with van der Waals surface area (Å²) in [5, 5.41) is 3.19. The van der Waals surface area contributed by atoms with Crippen LogP contribution in [0.15, 0.2) is 24.3 Å². The van der Waals surface area contributed by atoms with Crippen molar-refractivity contribution < 1.29 is 14.3 Å². The SMILES string of the molecule is O=C(CN1C[C@H](C(=O)N2CCCCC2)Oc2ccccc21)NC1CCCCC1. The van der Waals surface area contributed by atoms with E-state index >= 15 is 0 Å². The average Bonchev–Trinajstić information content (AvgIpc) is 2.74. The van der Waals surface area contributed by atoms with Crippen molar-refractivity contribution in [3.8, 4) is 5.75 Å². The quantitative estimate of drug-likeness (QED) is 0.866. The lowest BCUT2D eigenvalue weighted by atomic mass is 9.95. The van der Waals surface area contributed by atoms with Crippen molar-refractivity contribution in [3.05, 3.63) is 24.3 Å². The fourth-order valence-electron chi connectivity index (χ4n) is 4.60. The van der Waals surface area contributed by atoms with E-state index in [1.165, 1.54) is 25.7 Å². The molecule has 152 valence electrons. The maximum atomic E-state index is 13.0. The lowest BCUT2D eigenvalue weighted by Gasteiger charge is -2.38. The number of benzene rings is 1. The van der Waals surface area contributed by atoms with E-state index in [-0.39, 0.29) is 18.4 Å². The topological polar surface area (TPSA) is 61.9 Å². The summed E-state index contributed by atoms with van der Waals surface area (Å²) in [5.74, 6) is 0.772. The van der Waals surface area contributed by atoms with E-state index in [2.05, 4.69) is 5.32 Å². The molecule has 0 bridgehead atoms. The minimum atomic E-state index is -0.546. The number of likely N-dealkylation sites (tertiary alicyclic amines) is 1. The van der Waals surface area contributed by atoms with E-state index in [4.69, 9.17) is 4.74 Å². The molecule has 4 rings (SSSR count). The third kappa shape index (κ3) is 4.42. The highest BCUT2D eigenvalue weighted by Crippen LogP contribution is 2.33. The zero-order valence-electron chi connectivity index (χ0n) is 16.6. The number of piperidine rings is 1. The van der Waals surface area contributed by atoms with Crippen LogP contribution in [0, 0.1) is 0 Å². The van der Waals surface area contributed by atoms with Crippen LogP contribution >= 0.6 is 0 Å². The van der Waals surface area contributed by atoms with Gasteiger partial charge in [0.1, 0.15) is 5.75 Å². The van der Waals surface area contributed by atoms with E-state index in [1.54, 1.807) is 0 Å². The van der Waals surface area contributed by atoms with Gasteiger partial charge in [-0.2, -0.15) is 0 Å². The third-order valence-corrected chi connectivity index (χ3v) is 6.11. The summed E-state index contributed by atoms with van der Waals surface area (Å²) >= 11 is 0. The molecule has 6 nitrogen and oxygen atoms in total. The zero-order chi connectivity index (χ0) is 19.3. The van der Waals surface area contributed by atoms with Crippen LogP contribution in [-0.2, 0) is 9.59 Å². The fourth-order valence-corrected chi connectivity index (χ4v) is 4.60. The van der Waals surface area contributed by atoms with Gasteiger partial charge in [0.05, 0.1) is 18.8 Å². The van der Waals surface area contributed by atoms with Crippen LogP contribution in [0.4, 0.5) is 5.69 Å². The lowest BCUT2D eigenvalue weighted by molar-refractivity contribution is -0.139. The number of nitrogens with one attached hydrogen (secondary N) is 1. The predicted molar refractivity (Wildman–Crippen MR) is 109 cm³/mol. The first-order valence-electron chi connectivity index (χ1n) is 10.8. The first-order valence-corrected chi connectivity index (χ1v) is 10.8. The maximum Gasteiger partial charge on any atom is 0.265 e. The molecule has 0 spiro atoms. The lowest BCUT2D eigenvalue weighted by Crippen LogP contribution is -2.53. The third-order valence-electron chi connectivity index (χ3n) is 6.11. The van der Waals surface area contributed by atoms with Gasteiger partial charge in [-0.05, 0) is 44.2 Å². The normalized spacial score (nSPS) is 22.9. The summed E-state index contributed by atoms with van der Waals surface area (Å²) in [6.45, 7) is 2.30. The second-order valence-corrected chi connectivity index (χ2v) is 8.24. The first-order chi connectivity index (χ1) is 13.7. The summed E-state index contributed by atoms with van der Waals surface area (Å²) in [5.41, 5.74) is 0.893. The van der Waals surface area contributed by atoms with Crippen molar-refractivity contribution in [1.82, 2.24) is 10.2 Å². The molecule has 1 atom stereocenters. The number of nitrogens with zero attached hydrogens (tertiary/aromatic N) is 2. The van der Waals surface area contributed by atoms with Gasteiger partial charge in [-0.25, -0.2) is 0 Å². The standard InChI is InChI=1S/C22H31N3O3/c26-21(23-17-9-3-1-4-10-17)16-25-15-20(22(27)24-13-7-2-8-14-24)28-19-12-6-5-11-18(19)25/h5-6,11-12,17,20H,1-4,7-10,13-16H2,(H,23,26)/t20-/m1/s1. The number of carbonyl (C=O) groups is 2. The Balaban J connectivity index is 1.44. The van der Waals surface area contributed by atoms with Crippen LogP contribution in [0.1, 0.15) is 51.4 Å². The van der Waals surface area contributed by atoms with E-state index in [1.807, 2.05) is 34.1 Å². The monoisotopic (exact) mass is 385 g/mol. The summed E-state index contributed by atoms with van der Waals surface area (Å²) in [6.07, 6.45) is 8.55. The summed E-state index contributed by atoms with van der Waals surface area (Å²) < 4.78 is 6.04. The average molecular weight is 386 g/mol. The van der Waals surface area contributed by atoms with Crippen molar-refractivity contribution in [3.63, 3.8) is 0 Å². The van der Waals surface area contributed by atoms with E-state index in [0.717, 1.165) is 44.5 Å². The van der Waals surface area contributed by atoms with Gasteiger partial charge >= 0.3 is 0 Å². The van der Waals surface area contributed by atoms with Crippen LogP contribution in [0.2, 0.25) is 0 Å². The van der Waals surface area contributed by atoms with E-state index in [9.17, 15) is 9.59 Å². The summed E-state index contributed by atoms with van der Waals surface area (Å²) in [7, 11) is 0. The van der Waals surface area contributed by atoms with Gasteiger partial charge in [-0.1, -0.05) is 31.4 Å². The maximum absolute atomic E-state index is 13.0. The van der Waals surface area contributed by atoms with Crippen molar-refractivity contribution in [2.75, 3.05) is 31.1 Å². The highest BCUT2D eigenvalue weighted by atomic mass is 16.5. The molecule has 1 N–H and O–H groups in total. The number of anilines is 1. The Morgan fingerprint density at radius 3 is 2.50 bits per heavy atom. The van der Waals surface area contributed by atoms with Crippen LogP contribution in [0.5, 0.6) is 5.75 Å². The van der Waals surface area contributed by atoms with Gasteiger partial charge in [0.15, 0.2) is 6.10 Å². The summed E-state index contributed by atoms with van der Waals surface area (Å²) in [4.78, 5) is 29.6. The van der Waals surface area contributed by atoms with E-state index in [0.29, 0.717) is 18.3 Å². The molecule has 1 aromatic rings. The fraction of sp³-hybridized carbons (Fsp3) is 0.636. The number of hydrogen-bond acceptors (Lipinski definition) is 4. The number of hydrogen-bond donors (Lipinski definition) is 1. The number of amides is 2. The number of rotatable bonds is 4. The molecular weight excluding hydrogens is 354 g/mol. The Labute approximate surface area is 167 Å². The largest absolute Gasteiger partial charge is 0.477 e. The molecule has 2 aliphatic heterocycles. The number of carbonyl (C=O) groups excluding carboxylic acids is 2. The molecule has 6 heteroatoms. The second-order valence-electron chi connectivity index (χ2n) is 8.24. The van der Waals surface area contributed by atoms with Crippen molar-refractivity contribution in [2.45, 2.75) is 63.5 Å². The Morgan fingerprint density at radius 1 is 1.00 bits per heavy atom. The minimum Gasteiger partial charge on any atom is -0.477 e. The van der Waals surface area contributed by atoms with Gasteiger partial charge in [-0.15, -0.1) is 0 Å². The molecule has 1 saturated carbocycles. The molecule has 1 aliphatic carbocycles. The van der Waals surface area contributed by atoms with Gasteiger partial charge in [-0.3, -0.25) is 9.59 Å². The number of ether oxygens (including phenoxy) is 1. The van der Waals surface area contributed by atoms with Crippen LogP contribution in [0.3, 0.4) is 0 Å². The molecule has 0 radical (unpaired) electrons. The second kappa shape index (κ2) is 8.84. The molecule has 28 heavy (non-hydrogen) atoms. The van der Waals surface area contributed by atoms with Crippen LogP contribution < -0.4 is 15.0 Å². The van der Waals surface area contributed by atoms with Crippen molar-refractivity contribution in [2.24, 2.45) is 0 Å². The van der Waals surface area contributed by atoms with Gasteiger partial charge < -0.3 is 19.9 Å². The molecule has 1 saturated heterocycles. The summed E-state index contributed by atoms with van der Waals surface area (Å²) in [6, 6.07) is 8.00. The molecule has 0 aromatic heterocycles. The Kier molecular flexibility index (Phi) is 6.03. The highest BCUT2D eigenvalue weighted by molar-refractivity contribution is 5.86. The van der Waals surface area contributed by atoms with Gasteiger partial charge in [0.25, 0.3) is 5.91 Å². The molecule has 2 heterocycles. The minimum absolute atomic E-state index is 0.0350. The van der Waals surface area contributed by atoms with Crippen LogP contribution in [-0.4, -0.2) is 55.0 Å². The Bertz CT molecular complexity index is 696. The molecule has 1 aromatic carbocycles. The Morgan fingerprint density at radius 2 is 1.71 bits per heavy atom. The molecule has 2 fully saturated rings. The molecular formula is C22H31N3O3. The van der Waals surface area contributed by atoms with Gasteiger partial charge in [0.2, 0.25) is 5.91 Å². The Hall–Kier alpha value is -2.24. The van der Waals surface area contributed by atoms with Crippen molar-refractivity contribution in [1.29, 1.82) is 0 Å². The van der Waals surface area contributed by atoms with Crippen LogP contribution in [0.25, 0.3) is 0 Å². The first kappa shape index (κ1) is 19.1. The smallest absolute Gasteiger partial charge is 0.265 e. The van der Waals surface area contributed by atoms with Crippen molar-refractivity contribution >= 4 is 17.5 Å². The number of para-hydroxylation sites is 2. The number of fused-ring (bicyclic) bond motifs is 1. The molecule has 2 amide bonds. The highest BCUT2D eigenvalue weighted by Gasteiger charge is 2.34.